The van der Waals surface area contributed by atoms with Gasteiger partial charge in [0, 0.05) is 36.2 Å². The number of halogens is 1. The zero-order chi connectivity index (χ0) is 26.3. The van der Waals surface area contributed by atoms with Gasteiger partial charge >= 0.3 is 14.2 Å². The molecule has 2 rings (SSSR count). The fraction of sp³-hybridized carbons (Fsp3) is 0.300. The van der Waals surface area contributed by atoms with E-state index >= 15 is 0 Å². The quantitative estimate of drug-likeness (QED) is 0.0817. The van der Waals surface area contributed by atoms with Gasteiger partial charge in [0.1, 0.15) is 5.82 Å². The van der Waals surface area contributed by atoms with Crippen LogP contribution >= 0.6 is 0 Å². The molecule has 35 heavy (non-hydrogen) atoms. The lowest BCUT2D eigenvalue weighted by Crippen LogP contribution is -2.37. The standard InChI is InChI=1S/C20H25B2FN4O8/c23-17-5-4-12(7-16(17)22(32)33)11-26(6-2-1-3-18(24)19(25)28)20(29)13-8-14(21(30)31)10-15(9-13)27(34)35/h4-5,7-10,18,30-33H,1-3,6,11,24H2,(H2,25,28)/t18-/m0/s1. The lowest BCUT2D eigenvalue weighted by Gasteiger charge is -2.24. The molecule has 0 aliphatic heterocycles. The molecule has 0 radical (unpaired) electrons. The van der Waals surface area contributed by atoms with Crippen LogP contribution in [0.15, 0.2) is 36.4 Å². The first-order valence-corrected chi connectivity index (χ1v) is 10.5. The highest BCUT2D eigenvalue weighted by atomic mass is 19.1. The molecular formula is C20H25B2FN4O8. The molecule has 12 nitrogen and oxygen atoms in total. The summed E-state index contributed by atoms with van der Waals surface area (Å²) >= 11 is 0. The number of non-ortho nitro benzene ring substituents is 1. The van der Waals surface area contributed by atoms with Crippen molar-refractivity contribution in [3.05, 3.63) is 63.5 Å². The van der Waals surface area contributed by atoms with E-state index in [1.165, 1.54) is 17.0 Å². The van der Waals surface area contributed by atoms with Crippen molar-refractivity contribution in [1.82, 2.24) is 4.90 Å². The number of nitro groups is 1. The Balaban J connectivity index is 2.36. The lowest BCUT2D eigenvalue weighted by molar-refractivity contribution is -0.384. The first kappa shape index (κ1) is 27.9. The van der Waals surface area contributed by atoms with E-state index in [4.69, 9.17) is 11.5 Å². The highest BCUT2D eigenvalue weighted by Gasteiger charge is 2.24. The summed E-state index contributed by atoms with van der Waals surface area (Å²) in [6.45, 7) is -0.0567. The van der Waals surface area contributed by atoms with Crippen molar-refractivity contribution in [3.63, 3.8) is 0 Å². The second-order valence-corrected chi connectivity index (χ2v) is 7.90. The van der Waals surface area contributed by atoms with E-state index < -0.39 is 54.0 Å². The highest BCUT2D eigenvalue weighted by molar-refractivity contribution is 6.59. The molecule has 2 amide bonds. The summed E-state index contributed by atoms with van der Waals surface area (Å²) < 4.78 is 13.8. The van der Waals surface area contributed by atoms with Crippen LogP contribution in [-0.4, -0.2) is 68.6 Å². The molecule has 0 saturated heterocycles. The molecule has 2 aromatic rings. The van der Waals surface area contributed by atoms with Crippen molar-refractivity contribution < 1.29 is 39.0 Å². The lowest BCUT2D eigenvalue weighted by atomic mass is 9.79. The first-order valence-electron chi connectivity index (χ1n) is 10.5. The number of nitro benzene ring substituents is 1. The molecule has 15 heteroatoms. The highest BCUT2D eigenvalue weighted by Crippen LogP contribution is 2.17. The molecule has 186 valence electrons. The fourth-order valence-electron chi connectivity index (χ4n) is 3.37. The average molecular weight is 490 g/mol. The SMILES string of the molecule is NC(=O)[C@@H](N)CCCCN(Cc1ccc(F)c(B(O)O)c1)C(=O)c1cc(B(O)O)cc([N+](=O)[O-])c1. The topological polar surface area (TPSA) is 213 Å². The molecule has 8 N–H and O–H groups in total. The Hall–Kier alpha value is -3.36. The number of unbranched alkanes of at least 4 members (excludes halogenated alkanes) is 1. The number of hydrogen-bond acceptors (Lipinski definition) is 9. The number of carbonyl (C=O) groups is 2. The molecule has 1 atom stereocenters. The van der Waals surface area contributed by atoms with Gasteiger partial charge in [0.15, 0.2) is 0 Å². The second kappa shape index (κ2) is 12.4. The number of nitrogens with zero attached hydrogens (tertiary/aromatic N) is 2. The van der Waals surface area contributed by atoms with Gasteiger partial charge in [-0.1, -0.05) is 12.1 Å². The second-order valence-electron chi connectivity index (χ2n) is 7.90. The number of nitrogens with two attached hydrogens (primary N) is 2. The summed E-state index contributed by atoms with van der Waals surface area (Å²) in [5.41, 5.74) is 9.70. The third-order valence-electron chi connectivity index (χ3n) is 5.25. The Bertz CT molecular complexity index is 1090. The molecular weight excluding hydrogens is 465 g/mol. The molecule has 0 saturated carbocycles. The summed E-state index contributed by atoms with van der Waals surface area (Å²) in [4.78, 5) is 36.1. The zero-order valence-corrected chi connectivity index (χ0v) is 18.6. The van der Waals surface area contributed by atoms with Crippen LogP contribution in [0.3, 0.4) is 0 Å². The van der Waals surface area contributed by atoms with Crippen LogP contribution < -0.4 is 22.4 Å². The molecule has 0 fully saturated rings. The number of amides is 2. The van der Waals surface area contributed by atoms with Gasteiger partial charge in [-0.2, -0.15) is 0 Å². The largest absolute Gasteiger partial charge is 0.491 e. The minimum absolute atomic E-state index is 0.0818. The molecule has 0 bridgehead atoms. The monoisotopic (exact) mass is 490 g/mol. The van der Waals surface area contributed by atoms with Gasteiger partial charge in [0.2, 0.25) is 5.91 Å². The molecule has 2 aromatic carbocycles. The van der Waals surface area contributed by atoms with Crippen LogP contribution in [0, 0.1) is 15.9 Å². The number of hydrogen-bond donors (Lipinski definition) is 6. The fourth-order valence-corrected chi connectivity index (χ4v) is 3.37. The summed E-state index contributed by atoms with van der Waals surface area (Å²) in [6.07, 6.45) is 1.02. The maximum absolute atomic E-state index is 13.8. The van der Waals surface area contributed by atoms with Crippen molar-refractivity contribution in [3.8, 4) is 0 Å². The zero-order valence-electron chi connectivity index (χ0n) is 18.6. The van der Waals surface area contributed by atoms with Crippen LogP contribution in [0.4, 0.5) is 10.1 Å². The Labute approximate surface area is 200 Å². The normalized spacial score (nSPS) is 11.6. The van der Waals surface area contributed by atoms with E-state index in [2.05, 4.69) is 0 Å². The molecule has 0 aliphatic carbocycles. The van der Waals surface area contributed by atoms with Crippen molar-refractivity contribution in [2.45, 2.75) is 31.8 Å². The number of primary amides is 1. The summed E-state index contributed by atoms with van der Waals surface area (Å²) in [6, 6.07) is 5.65. The Morgan fingerprint density at radius 2 is 1.77 bits per heavy atom. The van der Waals surface area contributed by atoms with Gasteiger partial charge in [-0.05, 0) is 42.4 Å². The maximum atomic E-state index is 13.8. The van der Waals surface area contributed by atoms with E-state index in [1.54, 1.807) is 0 Å². The van der Waals surface area contributed by atoms with Crippen molar-refractivity contribution in [2.75, 3.05) is 6.54 Å². The van der Waals surface area contributed by atoms with Crippen LogP contribution in [0.25, 0.3) is 0 Å². The summed E-state index contributed by atoms with van der Waals surface area (Å²) in [5.74, 6) is -2.24. The summed E-state index contributed by atoms with van der Waals surface area (Å²) in [7, 11) is -4.14. The van der Waals surface area contributed by atoms with Gasteiger partial charge in [-0.3, -0.25) is 19.7 Å². The van der Waals surface area contributed by atoms with Crippen LogP contribution in [0.1, 0.15) is 35.2 Å². The maximum Gasteiger partial charge on any atom is 0.491 e. The van der Waals surface area contributed by atoms with E-state index in [0.717, 1.165) is 24.3 Å². The summed E-state index contributed by atoms with van der Waals surface area (Å²) in [5, 5.41) is 48.9. The molecule has 0 aromatic heterocycles. The van der Waals surface area contributed by atoms with Crippen LogP contribution in [0.2, 0.25) is 0 Å². The van der Waals surface area contributed by atoms with E-state index in [-0.39, 0.29) is 30.5 Å². The predicted octanol–water partition coefficient (Wildman–Crippen LogP) is -2.28. The Morgan fingerprint density at radius 3 is 2.34 bits per heavy atom. The number of rotatable bonds is 12. The van der Waals surface area contributed by atoms with Gasteiger partial charge < -0.3 is 36.5 Å². The minimum atomic E-state index is -2.08. The van der Waals surface area contributed by atoms with Gasteiger partial charge in [0.25, 0.3) is 11.6 Å². The smallest absolute Gasteiger partial charge is 0.423 e. The van der Waals surface area contributed by atoms with E-state index in [1.807, 2.05) is 0 Å². The van der Waals surface area contributed by atoms with E-state index in [0.29, 0.717) is 18.4 Å². The van der Waals surface area contributed by atoms with Crippen molar-refractivity contribution >= 4 is 42.7 Å². The number of benzene rings is 2. The average Bonchev–Trinajstić information content (AvgIpc) is 2.80. The van der Waals surface area contributed by atoms with Gasteiger partial charge in [-0.25, -0.2) is 4.39 Å². The van der Waals surface area contributed by atoms with E-state index in [9.17, 15) is 44.2 Å². The van der Waals surface area contributed by atoms with Crippen molar-refractivity contribution in [1.29, 1.82) is 0 Å². The van der Waals surface area contributed by atoms with Gasteiger partial charge in [-0.15, -0.1) is 0 Å². The van der Waals surface area contributed by atoms with Crippen LogP contribution in [0.5, 0.6) is 0 Å². The predicted molar refractivity (Wildman–Crippen MR) is 125 cm³/mol. The third kappa shape index (κ3) is 7.83. The first-order chi connectivity index (χ1) is 16.4. The number of carbonyl (C=O) groups excluding carboxylic acids is 2. The minimum Gasteiger partial charge on any atom is -0.423 e. The molecule has 0 unspecified atom stereocenters. The van der Waals surface area contributed by atoms with Crippen molar-refractivity contribution in [2.24, 2.45) is 11.5 Å². The molecule has 0 aliphatic rings. The van der Waals surface area contributed by atoms with Crippen LogP contribution in [-0.2, 0) is 11.3 Å². The van der Waals surface area contributed by atoms with Gasteiger partial charge in [0.05, 0.1) is 11.0 Å². The molecule has 0 heterocycles. The Kier molecular flexibility index (Phi) is 9.86. The molecule has 0 spiro atoms. The third-order valence-corrected chi connectivity index (χ3v) is 5.25. The Morgan fingerprint density at radius 1 is 1.09 bits per heavy atom.